The molecular formula is C33H36FN3O6S2. The third-order valence-electron chi connectivity index (χ3n) is 6.98. The van der Waals surface area contributed by atoms with Crippen molar-refractivity contribution in [3.8, 4) is 22.1 Å². The highest BCUT2D eigenvalue weighted by Gasteiger charge is 2.36. The number of nitrogens with zero attached hydrogens (tertiary/aromatic N) is 3. The van der Waals surface area contributed by atoms with Crippen LogP contribution in [-0.4, -0.2) is 58.3 Å². The molecular weight excluding hydrogens is 618 g/mol. The second kappa shape index (κ2) is 13.2. The molecule has 0 unspecified atom stereocenters. The first-order valence-corrected chi connectivity index (χ1v) is 17.4. The Labute approximate surface area is 266 Å². The lowest BCUT2D eigenvalue weighted by Gasteiger charge is -2.27. The number of hydrogen-bond donors (Lipinski definition) is 0. The molecule has 9 nitrogen and oxygen atoms in total. The molecule has 3 aromatic heterocycles. The number of halogens is 1. The highest BCUT2D eigenvalue weighted by Crippen LogP contribution is 2.39. The molecule has 3 heterocycles. The van der Waals surface area contributed by atoms with E-state index in [-0.39, 0.29) is 18.3 Å². The standard InChI is InChI=1S/C33H36FN3O6S2/c1-5-14-37(32(39)43-33(2,3)4)19-22-6-10-26(36-18-22)30-17-27-31(44-30)29(12-13-35-27)42-28-11-7-21(16-25(28)34)15-23(38)20-45(40,41)24-8-9-24/h6-7,10-13,16-18,24H,5,8-9,14-15,19-20H2,1-4H3. The molecule has 0 radical (unpaired) electrons. The van der Waals surface area contributed by atoms with Crippen LogP contribution in [0.2, 0.25) is 0 Å². The van der Waals surface area contributed by atoms with E-state index >= 15 is 4.39 Å². The van der Waals surface area contributed by atoms with Gasteiger partial charge in [0.15, 0.2) is 27.2 Å². The molecule has 0 aliphatic heterocycles. The maximum absolute atomic E-state index is 15.0. The Morgan fingerprint density at radius 3 is 2.44 bits per heavy atom. The van der Waals surface area contributed by atoms with Crippen molar-refractivity contribution in [3.05, 3.63) is 71.8 Å². The predicted octanol–water partition coefficient (Wildman–Crippen LogP) is 7.13. The Hall–Kier alpha value is -3.90. The number of carbonyl (C=O) groups excluding carboxylic acids is 2. The molecule has 238 valence electrons. The fourth-order valence-electron chi connectivity index (χ4n) is 4.74. The van der Waals surface area contributed by atoms with Crippen molar-refractivity contribution in [3.63, 3.8) is 0 Å². The Bertz CT molecular complexity index is 1810. The molecule has 1 amide bonds. The van der Waals surface area contributed by atoms with Crippen LogP contribution < -0.4 is 4.74 Å². The van der Waals surface area contributed by atoms with Crippen LogP contribution in [0.4, 0.5) is 9.18 Å². The molecule has 1 aliphatic rings. The summed E-state index contributed by atoms with van der Waals surface area (Å²) in [6.45, 7) is 8.46. The van der Waals surface area contributed by atoms with E-state index in [4.69, 9.17) is 9.47 Å². The topological polar surface area (TPSA) is 116 Å². The molecule has 1 aromatic carbocycles. The number of benzene rings is 1. The van der Waals surface area contributed by atoms with Gasteiger partial charge in [-0.15, -0.1) is 11.3 Å². The first-order chi connectivity index (χ1) is 21.3. The number of sulfone groups is 1. The molecule has 0 saturated heterocycles. The Kier molecular flexibility index (Phi) is 9.54. The maximum atomic E-state index is 15.0. The lowest BCUT2D eigenvalue weighted by atomic mass is 10.1. The largest absolute Gasteiger partial charge is 0.453 e. The molecule has 1 saturated carbocycles. The second-order valence-electron chi connectivity index (χ2n) is 12.2. The van der Waals surface area contributed by atoms with Gasteiger partial charge in [-0.05, 0) is 75.4 Å². The monoisotopic (exact) mass is 653 g/mol. The number of rotatable bonds is 12. The van der Waals surface area contributed by atoms with Crippen molar-refractivity contribution in [1.29, 1.82) is 0 Å². The molecule has 12 heteroatoms. The number of ether oxygens (including phenoxy) is 2. The average molecular weight is 654 g/mol. The van der Waals surface area contributed by atoms with Crippen LogP contribution in [0.1, 0.15) is 58.1 Å². The Balaban J connectivity index is 1.28. The summed E-state index contributed by atoms with van der Waals surface area (Å²) in [5.74, 6) is -1.25. The van der Waals surface area contributed by atoms with E-state index in [9.17, 15) is 18.0 Å². The van der Waals surface area contributed by atoms with Crippen LogP contribution in [0.25, 0.3) is 20.8 Å². The van der Waals surface area contributed by atoms with Gasteiger partial charge >= 0.3 is 6.09 Å². The van der Waals surface area contributed by atoms with Crippen LogP contribution >= 0.6 is 11.3 Å². The summed E-state index contributed by atoms with van der Waals surface area (Å²) < 4.78 is 51.5. The van der Waals surface area contributed by atoms with Gasteiger partial charge < -0.3 is 14.4 Å². The highest BCUT2D eigenvalue weighted by atomic mass is 32.2. The van der Waals surface area contributed by atoms with Crippen LogP contribution in [0, 0.1) is 5.82 Å². The van der Waals surface area contributed by atoms with E-state index in [0.29, 0.717) is 47.5 Å². The molecule has 45 heavy (non-hydrogen) atoms. The number of aromatic nitrogens is 2. The molecule has 0 spiro atoms. The number of thiophene rings is 1. The van der Waals surface area contributed by atoms with Gasteiger partial charge in [-0.1, -0.05) is 19.1 Å². The summed E-state index contributed by atoms with van der Waals surface area (Å²) in [6.07, 6.45) is 4.78. The van der Waals surface area contributed by atoms with E-state index in [1.807, 2.05) is 45.9 Å². The van der Waals surface area contributed by atoms with E-state index in [1.165, 1.54) is 23.5 Å². The van der Waals surface area contributed by atoms with E-state index in [2.05, 4.69) is 9.97 Å². The SMILES string of the molecule is CCCN(Cc1ccc(-c2cc3nccc(Oc4ccc(CC(=O)CS(=O)(=O)C5CC5)cc4F)c3s2)nc1)C(=O)OC(C)(C)C. The minimum atomic E-state index is -3.42. The number of hydrogen-bond acceptors (Lipinski definition) is 9. The molecule has 1 aliphatic carbocycles. The van der Waals surface area contributed by atoms with Crippen molar-refractivity contribution in [2.24, 2.45) is 0 Å². The normalized spacial score (nSPS) is 13.5. The summed E-state index contributed by atoms with van der Waals surface area (Å²) in [7, 11) is -3.42. The van der Waals surface area contributed by atoms with Crippen LogP contribution in [0.15, 0.2) is 54.9 Å². The fraction of sp³-hybridized carbons (Fsp3) is 0.394. The molecule has 0 bridgehead atoms. The van der Waals surface area contributed by atoms with Gasteiger partial charge in [0.2, 0.25) is 0 Å². The van der Waals surface area contributed by atoms with Crippen molar-refractivity contribution in [2.45, 2.75) is 70.8 Å². The molecule has 4 aromatic rings. The lowest BCUT2D eigenvalue weighted by Crippen LogP contribution is -2.36. The predicted molar refractivity (Wildman–Crippen MR) is 172 cm³/mol. The third kappa shape index (κ3) is 8.43. The summed E-state index contributed by atoms with van der Waals surface area (Å²) in [6, 6.07) is 11.5. The first-order valence-electron chi connectivity index (χ1n) is 14.8. The Morgan fingerprint density at radius 1 is 1.04 bits per heavy atom. The van der Waals surface area contributed by atoms with Crippen molar-refractivity contribution >= 4 is 43.3 Å². The van der Waals surface area contributed by atoms with E-state index in [0.717, 1.165) is 22.6 Å². The van der Waals surface area contributed by atoms with Gasteiger partial charge in [0.1, 0.15) is 17.1 Å². The minimum Gasteiger partial charge on any atom is -0.453 e. The smallest absolute Gasteiger partial charge is 0.410 e. The van der Waals surface area contributed by atoms with E-state index < -0.39 is 38.0 Å². The van der Waals surface area contributed by atoms with Gasteiger partial charge in [0, 0.05) is 31.4 Å². The number of ketones is 1. The molecule has 5 rings (SSSR count). The van der Waals surface area contributed by atoms with Crippen molar-refractivity contribution in [2.75, 3.05) is 12.3 Å². The first kappa shape index (κ1) is 32.5. The summed E-state index contributed by atoms with van der Waals surface area (Å²) in [4.78, 5) is 36.5. The van der Waals surface area contributed by atoms with Crippen LogP contribution in [0.3, 0.4) is 0 Å². The van der Waals surface area contributed by atoms with Gasteiger partial charge in [-0.25, -0.2) is 17.6 Å². The van der Waals surface area contributed by atoms with Gasteiger partial charge in [0.25, 0.3) is 0 Å². The van der Waals surface area contributed by atoms with E-state index in [1.54, 1.807) is 29.4 Å². The van der Waals surface area contributed by atoms with Crippen molar-refractivity contribution < 1.29 is 31.9 Å². The number of carbonyl (C=O) groups is 2. The molecule has 1 fully saturated rings. The third-order valence-corrected chi connectivity index (χ3v) is 10.4. The quantitative estimate of drug-likeness (QED) is 0.159. The zero-order valence-corrected chi connectivity index (χ0v) is 27.3. The number of amides is 1. The Morgan fingerprint density at radius 2 is 1.80 bits per heavy atom. The number of pyridine rings is 2. The zero-order valence-electron chi connectivity index (χ0n) is 25.7. The van der Waals surface area contributed by atoms with Crippen LogP contribution in [-0.2, 0) is 32.3 Å². The highest BCUT2D eigenvalue weighted by molar-refractivity contribution is 7.93. The van der Waals surface area contributed by atoms with Gasteiger partial charge in [-0.3, -0.25) is 14.8 Å². The van der Waals surface area contributed by atoms with Crippen LogP contribution in [0.5, 0.6) is 11.5 Å². The summed E-state index contributed by atoms with van der Waals surface area (Å²) in [5, 5.41) is -0.411. The maximum Gasteiger partial charge on any atom is 0.410 e. The number of fused-ring (bicyclic) bond motifs is 1. The molecule has 0 N–H and O–H groups in total. The molecule has 0 atom stereocenters. The van der Waals surface area contributed by atoms with Gasteiger partial charge in [-0.2, -0.15) is 0 Å². The second-order valence-corrected chi connectivity index (χ2v) is 15.5. The fourth-order valence-corrected chi connectivity index (χ4v) is 7.42. The zero-order chi connectivity index (χ0) is 32.4. The van der Waals surface area contributed by atoms with Gasteiger partial charge in [0.05, 0.1) is 32.6 Å². The average Bonchev–Trinajstić information content (AvgIpc) is 3.74. The lowest BCUT2D eigenvalue weighted by molar-refractivity contribution is -0.116. The summed E-state index contributed by atoms with van der Waals surface area (Å²) >= 11 is 1.41. The number of Topliss-reactive ketones (excluding diaryl/α,β-unsaturated/α-hetero) is 1. The van der Waals surface area contributed by atoms with Crippen molar-refractivity contribution in [1.82, 2.24) is 14.9 Å². The minimum absolute atomic E-state index is 0.0247. The summed E-state index contributed by atoms with van der Waals surface area (Å²) in [5.41, 5.74) is 2.05.